The molecule has 0 aromatic heterocycles. The maximum atomic E-state index is 11.3. The second-order valence-electron chi connectivity index (χ2n) is 5.58. The van der Waals surface area contributed by atoms with E-state index in [1.54, 1.807) is 6.07 Å². The zero-order valence-corrected chi connectivity index (χ0v) is 12.4. The molecule has 0 aliphatic heterocycles. The monoisotopic (exact) mass is 282 g/mol. The Bertz CT molecular complexity index is 549. The Balaban J connectivity index is 2.41. The van der Waals surface area contributed by atoms with Crippen LogP contribution in [0.4, 0.5) is 0 Å². The maximum absolute atomic E-state index is 11.3. The molecule has 2 unspecified atom stereocenters. The van der Waals surface area contributed by atoms with Crippen LogP contribution in [0.2, 0.25) is 0 Å². The summed E-state index contributed by atoms with van der Waals surface area (Å²) < 4.78 is 31.7. The van der Waals surface area contributed by atoms with Crippen molar-refractivity contribution in [2.24, 2.45) is 0 Å². The van der Waals surface area contributed by atoms with Crippen LogP contribution in [0.5, 0.6) is 0 Å². The Morgan fingerprint density at radius 3 is 2.63 bits per heavy atom. The Hall–Kier alpha value is -0.870. The Kier molecular flexibility index (Phi) is 4.31. The van der Waals surface area contributed by atoms with Crippen LogP contribution in [0.3, 0.4) is 0 Å². The van der Waals surface area contributed by atoms with E-state index in [2.05, 4.69) is 13.8 Å². The molecule has 0 heterocycles. The average molecular weight is 282 g/mol. The smallest absolute Gasteiger partial charge is 0.282 e. The lowest BCUT2D eigenvalue weighted by Crippen LogP contribution is -2.14. The Morgan fingerprint density at radius 1 is 1.26 bits per heavy atom. The Labute approximate surface area is 115 Å². The molecule has 1 aliphatic rings. The molecule has 3 nitrogen and oxygen atoms in total. The molecule has 2 rings (SSSR count). The third-order valence-electron chi connectivity index (χ3n) is 4.18. The van der Waals surface area contributed by atoms with Crippen molar-refractivity contribution in [2.45, 2.75) is 62.7 Å². The number of hydrogen-bond acceptors (Lipinski definition) is 2. The van der Waals surface area contributed by atoms with E-state index >= 15 is 0 Å². The van der Waals surface area contributed by atoms with Crippen LogP contribution in [-0.4, -0.2) is 13.0 Å². The zero-order valence-electron chi connectivity index (χ0n) is 11.6. The molecule has 0 bridgehead atoms. The highest BCUT2D eigenvalue weighted by atomic mass is 32.2. The van der Waals surface area contributed by atoms with E-state index in [9.17, 15) is 13.0 Å². The molecule has 1 N–H and O–H groups in total. The van der Waals surface area contributed by atoms with Gasteiger partial charge in [-0.3, -0.25) is 4.55 Å². The van der Waals surface area contributed by atoms with E-state index in [1.165, 1.54) is 11.6 Å². The van der Waals surface area contributed by atoms with E-state index < -0.39 is 10.1 Å². The van der Waals surface area contributed by atoms with E-state index in [4.69, 9.17) is 0 Å². The molecular weight excluding hydrogens is 260 g/mol. The van der Waals surface area contributed by atoms with E-state index in [0.29, 0.717) is 11.8 Å². The normalized spacial score (nSPS) is 23.1. The first-order valence-electron chi connectivity index (χ1n) is 7.04. The predicted octanol–water partition coefficient (Wildman–Crippen LogP) is 4.10. The molecular formula is C15H22O3S. The van der Waals surface area contributed by atoms with Crippen molar-refractivity contribution in [3.63, 3.8) is 0 Å². The number of unbranched alkanes of at least 4 members (excludes halogenated alkanes) is 1. The molecule has 1 aliphatic carbocycles. The average Bonchev–Trinajstić information content (AvgIpc) is 2.37. The first kappa shape index (κ1) is 14.5. The van der Waals surface area contributed by atoms with Crippen LogP contribution in [0.15, 0.2) is 23.1 Å². The highest BCUT2D eigenvalue weighted by Gasteiger charge is 2.26. The fourth-order valence-corrected chi connectivity index (χ4v) is 3.54. The summed E-state index contributed by atoms with van der Waals surface area (Å²) in [5.41, 5.74) is 2.38. The van der Waals surface area contributed by atoms with Gasteiger partial charge >= 0.3 is 0 Å². The van der Waals surface area contributed by atoms with Crippen LogP contribution in [-0.2, 0) is 10.1 Å². The second kappa shape index (κ2) is 5.63. The molecule has 4 heteroatoms. The van der Waals surface area contributed by atoms with Crippen molar-refractivity contribution in [3.8, 4) is 0 Å². The number of rotatable bonds is 4. The van der Waals surface area contributed by atoms with Crippen LogP contribution in [0.1, 0.15) is 68.9 Å². The van der Waals surface area contributed by atoms with Gasteiger partial charge in [-0.15, -0.1) is 0 Å². The van der Waals surface area contributed by atoms with Crippen molar-refractivity contribution in [2.75, 3.05) is 0 Å². The summed E-state index contributed by atoms with van der Waals surface area (Å²) in [7, 11) is -4.10. The van der Waals surface area contributed by atoms with Crippen molar-refractivity contribution in [1.82, 2.24) is 0 Å². The van der Waals surface area contributed by atoms with E-state index in [1.807, 2.05) is 6.07 Å². The molecule has 0 radical (unpaired) electrons. The molecule has 0 saturated heterocycles. The standard InChI is InChI=1S/C15H22O3S/c1-3-4-5-12-7-6-11(2)14-9-8-13(10-15(12)14)19(16,17)18/h8-12H,3-7H2,1-2H3,(H,16,17,18). The summed E-state index contributed by atoms with van der Waals surface area (Å²) in [6, 6.07) is 5.08. The fourth-order valence-electron chi connectivity index (χ4n) is 3.03. The van der Waals surface area contributed by atoms with Gasteiger partial charge in [-0.05, 0) is 54.4 Å². The molecule has 0 spiro atoms. The van der Waals surface area contributed by atoms with Crippen LogP contribution < -0.4 is 0 Å². The van der Waals surface area contributed by atoms with Crippen molar-refractivity contribution < 1.29 is 13.0 Å². The molecule has 106 valence electrons. The molecule has 1 aromatic rings. The second-order valence-corrected chi connectivity index (χ2v) is 7.00. The lowest BCUT2D eigenvalue weighted by atomic mass is 9.75. The largest absolute Gasteiger partial charge is 0.294 e. The van der Waals surface area contributed by atoms with Crippen LogP contribution in [0.25, 0.3) is 0 Å². The third-order valence-corrected chi connectivity index (χ3v) is 5.03. The van der Waals surface area contributed by atoms with Gasteiger partial charge in [0.2, 0.25) is 0 Å². The first-order valence-corrected chi connectivity index (χ1v) is 8.48. The zero-order chi connectivity index (χ0) is 14.0. The summed E-state index contributed by atoms with van der Waals surface area (Å²) in [4.78, 5) is 0.0295. The number of fused-ring (bicyclic) bond motifs is 1. The highest BCUT2D eigenvalue weighted by Crippen LogP contribution is 2.41. The van der Waals surface area contributed by atoms with Gasteiger partial charge in [0.25, 0.3) is 10.1 Å². The summed E-state index contributed by atoms with van der Waals surface area (Å²) in [6.07, 6.45) is 5.69. The van der Waals surface area contributed by atoms with Gasteiger partial charge < -0.3 is 0 Å². The van der Waals surface area contributed by atoms with Gasteiger partial charge in [0.15, 0.2) is 0 Å². The molecule has 2 atom stereocenters. The molecule has 1 aromatic carbocycles. The van der Waals surface area contributed by atoms with Crippen molar-refractivity contribution >= 4 is 10.1 Å². The van der Waals surface area contributed by atoms with E-state index in [-0.39, 0.29) is 4.90 Å². The number of hydrogen-bond donors (Lipinski definition) is 1. The fraction of sp³-hybridized carbons (Fsp3) is 0.600. The van der Waals surface area contributed by atoms with Gasteiger partial charge in [0.1, 0.15) is 0 Å². The van der Waals surface area contributed by atoms with Gasteiger partial charge in [-0.2, -0.15) is 8.42 Å². The van der Waals surface area contributed by atoms with E-state index in [0.717, 1.165) is 37.7 Å². The molecule has 0 amide bonds. The lowest BCUT2D eigenvalue weighted by Gasteiger charge is -2.30. The van der Waals surface area contributed by atoms with Gasteiger partial charge in [-0.25, -0.2) is 0 Å². The van der Waals surface area contributed by atoms with Gasteiger partial charge in [0.05, 0.1) is 4.90 Å². The summed E-state index contributed by atoms with van der Waals surface area (Å²) >= 11 is 0. The predicted molar refractivity (Wildman–Crippen MR) is 76.2 cm³/mol. The minimum atomic E-state index is -4.10. The maximum Gasteiger partial charge on any atom is 0.294 e. The van der Waals surface area contributed by atoms with Crippen molar-refractivity contribution in [3.05, 3.63) is 29.3 Å². The highest BCUT2D eigenvalue weighted by molar-refractivity contribution is 7.85. The quantitative estimate of drug-likeness (QED) is 0.846. The molecule has 19 heavy (non-hydrogen) atoms. The minimum Gasteiger partial charge on any atom is -0.282 e. The topological polar surface area (TPSA) is 54.4 Å². The third kappa shape index (κ3) is 3.18. The van der Waals surface area contributed by atoms with Crippen molar-refractivity contribution in [1.29, 1.82) is 0 Å². The van der Waals surface area contributed by atoms with Crippen LogP contribution >= 0.6 is 0 Å². The number of benzene rings is 1. The molecule has 0 fully saturated rings. The summed E-state index contributed by atoms with van der Waals surface area (Å²) in [5.74, 6) is 0.913. The Morgan fingerprint density at radius 2 is 2.00 bits per heavy atom. The van der Waals surface area contributed by atoms with Gasteiger partial charge in [-0.1, -0.05) is 32.8 Å². The SMILES string of the molecule is CCCCC1CCC(C)c2ccc(S(=O)(=O)O)cc21. The molecule has 0 saturated carbocycles. The van der Waals surface area contributed by atoms with Gasteiger partial charge in [0, 0.05) is 0 Å². The first-order chi connectivity index (χ1) is 8.93. The minimum absolute atomic E-state index is 0.0295. The van der Waals surface area contributed by atoms with Crippen LogP contribution in [0, 0.1) is 0 Å². The summed E-state index contributed by atoms with van der Waals surface area (Å²) in [5, 5.41) is 0. The summed E-state index contributed by atoms with van der Waals surface area (Å²) in [6.45, 7) is 4.35. The lowest BCUT2D eigenvalue weighted by molar-refractivity contribution is 0.462.